The van der Waals surface area contributed by atoms with Crippen molar-refractivity contribution < 1.29 is 14.3 Å². The third kappa shape index (κ3) is 5.28. The molecule has 1 aliphatic heterocycles. The lowest BCUT2D eigenvalue weighted by molar-refractivity contribution is -0.135. The van der Waals surface area contributed by atoms with Crippen molar-refractivity contribution in [3.8, 4) is 17.6 Å². The van der Waals surface area contributed by atoms with Gasteiger partial charge >= 0.3 is 5.97 Å². The van der Waals surface area contributed by atoms with E-state index in [1.165, 1.54) is 5.56 Å². The van der Waals surface area contributed by atoms with Crippen LogP contribution in [0.2, 0.25) is 0 Å². The van der Waals surface area contributed by atoms with E-state index in [9.17, 15) is 10.1 Å². The maximum Gasteiger partial charge on any atom is 0.323 e. The van der Waals surface area contributed by atoms with Crippen molar-refractivity contribution in [2.24, 2.45) is 5.73 Å². The molecule has 1 aliphatic rings. The molecular weight excluding hydrogens is 484 g/mol. The molecule has 4 aromatic carbocycles. The van der Waals surface area contributed by atoms with Gasteiger partial charge in [0, 0.05) is 11.6 Å². The number of hydrogen-bond acceptors (Lipinski definition) is 5. The van der Waals surface area contributed by atoms with Crippen LogP contribution in [0.3, 0.4) is 0 Å². The first-order valence-corrected chi connectivity index (χ1v) is 12.9. The molecule has 0 saturated heterocycles. The van der Waals surface area contributed by atoms with Crippen molar-refractivity contribution in [3.05, 3.63) is 142 Å². The van der Waals surface area contributed by atoms with E-state index in [1.807, 2.05) is 78.9 Å². The highest BCUT2D eigenvalue weighted by molar-refractivity contribution is 5.84. The number of fused-ring (bicyclic) bond motifs is 1. The topological polar surface area (TPSA) is 85.3 Å². The predicted molar refractivity (Wildman–Crippen MR) is 151 cm³/mol. The average molecular weight is 515 g/mol. The molecule has 1 heterocycles. The highest BCUT2D eigenvalue weighted by atomic mass is 16.5. The molecule has 1 unspecified atom stereocenters. The van der Waals surface area contributed by atoms with Crippen molar-refractivity contribution in [1.29, 1.82) is 5.26 Å². The maximum atomic E-state index is 13.5. The summed E-state index contributed by atoms with van der Waals surface area (Å²) in [5.41, 5.74) is 11.2. The summed E-state index contributed by atoms with van der Waals surface area (Å²) in [6, 6.07) is 34.8. The summed E-state index contributed by atoms with van der Waals surface area (Å²) in [5, 5.41) is 9.92. The molecular formula is C34H30N2O3. The number of nitrogens with two attached hydrogens (primary N) is 1. The Morgan fingerprint density at radius 3 is 2.03 bits per heavy atom. The van der Waals surface area contributed by atoms with Crippen molar-refractivity contribution >= 4 is 5.97 Å². The zero-order valence-electron chi connectivity index (χ0n) is 22.2. The second-order valence-corrected chi connectivity index (χ2v) is 10.7. The molecule has 0 aromatic heterocycles. The Hall–Kier alpha value is -4.82. The van der Waals surface area contributed by atoms with Crippen LogP contribution in [-0.2, 0) is 10.2 Å². The lowest BCUT2D eigenvalue weighted by atomic mass is 9.81. The number of allylic oxidation sites excluding steroid dienone is 1. The zero-order valence-corrected chi connectivity index (χ0v) is 22.2. The fourth-order valence-electron chi connectivity index (χ4n) is 4.95. The predicted octanol–water partition coefficient (Wildman–Crippen LogP) is 6.94. The lowest BCUT2D eigenvalue weighted by Gasteiger charge is -2.27. The van der Waals surface area contributed by atoms with E-state index in [1.54, 1.807) is 12.1 Å². The van der Waals surface area contributed by atoms with Crippen molar-refractivity contribution in [2.45, 2.75) is 38.0 Å². The van der Waals surface area contributed by atoms with Crippen LogP contribution in [0.15, 0.2) is 115 Å². The molecule has 1 atom stereocenters. The number of rotatable bonds is 5. The molecule has 0 saturated carbocycles. The molecule has 0 aliphatic carbocycles. The van der Waals surface area contributed by atoms with E-state index < -0.39 is 11.9 Å². The monoisotopic (exact) mass is 514 g/mol. The number of carbonyl (C=O) groups excluding carboxylic acids is 1. The Morgan fingerprint density at radius 2 is 1.49 bits per heavy atom. The molecule has 5 nitrogen and oxygen atoms in total. The fourth-order valence-corrected chi connectivity index (χ4v) is 4.95. The number of esters is 1. The summed E-state index contributed by atoms with van der Waals surface area (Å²) >= 11 is 0. The Labute approximate surface area is 229 Å². The summed E-state index contributed by atoms with van der Waals surface area (Å²) in [6.45, 7) is 6.48. The normalized spacial score (nSPS) is 14.8. The first-order chi connectivity index (χ1) is 18.8. The molecule has 0 amide bonds. The van der Waals surface area contributed by atoms with E-state index in [0.717, 1.165) is 22.3 Å². The molecule has 0 bridgehead atoms. The SMILES string of the molecule is CC(C)(C)c1ccc(C2C(C#N)=C(N)Oc3cc(OC(=O)C(c4ccccc4)c4ccccc4)ccc32)cc1. The third-order valence-electron chi connectivity index (χ3n) is 7.02. The Balaban J connectivity index is 1.48. The van der Waals surface area contributed by atoms with Crippen LogP contribution in [-0.4, -0.2) is 5.97 Å². The van der Waals surface area contributed by atoms with Crippen LogP contribution in [0.25, 0.3) is 0 Å². The molecule has 0 spiro atoms. The standard InChI is InChI=1S/C34H30N2O3/c1-34(2,3)25-16-14-24(15-17-25)31-27-19-18-26(20-29(27)39-32(36)28(31)21-35)38-33(37)30(22-10-6-4-7-11-22)23-12-8-5-9-13-23/h4-20,30-31H,36H2,1-3H3. The number of ether oxygens (including phenoxy) is 2. The quantitative estimate of drug-likeness (QED) is 0.230. The average Bonchev–Trinajstić information content (AvgIpc) is 2.93. The highest BCUT2D eigenvalue weighted by Gasteiger charge is 2.32. The summed E-state index contributed by atoms with van der Waals surface area (Å²) < 4.78 is 11.8. The zero-order chi connectivity index (χ0) is 27.6. The van der Waals surface area contributed by atoms with Gasteiger partial charge in [-0.2, -0.15) is 5.26 Å². The number of nitriles is 1. The number of hydrogen-bond donors (Lipinski definition) is 1. The molecule has 4 aromatic rings. The first kappa shape index (κ1) is 25.8. The summed E-state index contributed by atoms with van der Waals surface area (Å²) in [7, 11) is 0. The lowest BCUT2D eigenvalue weighted by Crippen LogP contribution is -2.22. The fraction of sp³-hybridized carbons (Fsp3) is 0.176. The van der Waals surface area contributed by atoms with Gasteiger partial charge in [-0.25, -0.2) is 0 Å². The van der Waals surface area contributed by atoms with Gasteiger partial charge in [-0.3, -0.25) is 4.79 Å². The molecule has 0 fully saturated rings. The molecule has 194 valence electrons. The van der Waals surface area contributed by atoms with Crippen molar-refractivity contribution in [3.63, 3.8) is 0 Å². The van der Waals surface area contributed by atoms with Crippen LogP contribution in [0.4, 0.5) is 0 Å². The van der Waals surface area contributed by atoms with E-state index in [0.29, 0.717) is 17.1 Å². The van der Waals surface area contributed by atoms with E-state index in [-0.39, 0.29) is 17.2 Å². The van der Waals surface area contributed by atoms with Gasteiger partial charge in [0.2, 0.25) is 5.88 Å². The van der Waals surface area contributed by atoms with Gasteiger partial charge in [0.25, 0.3) is 0 Å². The Morgan fingerprint density at radius 1 is 0.897 bits per heavy atom. The highest BCUT2D eigenvalue weighted by Crippen LogP contribution is 2.44. The van der Waals surface area contributed by atoms with Crippen molar-refractivity contribution in [1.82, 2.24) is 0 Å². The second-order valence-electron chi connectivity index (χ2n) is 10.7. The van der Waals surface area contributed by atoms with E-state index >= 15 is 0 Å². The number of nitrogens with zero attached hydrogens (tertiary/aromatic N) is 1. The third-order valence-corrected chi connectivity index (χ3v) is 7.02. The first-order valence-electron chi connectivity index (χ1n) is 12.9. The van der Waals surface area contributed by atoms with Gasteiger partial charge < -0.3 is 15.2 Å². The minimum Gasteiger partial charge on any atom is -0.440 e. The molecule has 5 heteroatoms. The van der Waals surface area contributed by atoms with Crippen molar-refractivity contribution in [2.75, 3.05) is 0 Å². The summed E-state index contributed by atoms with van der Waals surface area (Å²) in [6.07, 6.45) is 0. The Kier molecular flexibility index (Phi) is 6.96. The van der Waals surface area contributed by atoms with Gasteiger partial charge in [-0.15, -0.1) is 0 Å². The molecule has 2 N–H and O–H groups in total. The Bertz CT molecular complexity index is 1520. The molecule has 5 rings (SSSR count). The van der Waals surface area contributed by atoms with Crippen LogP contribution in [0.5, 0.6) is 11.5 Å². The van der Waals surface area contributed by atoms with Gasteiger partial charge in [-0.05, 0) is 33.7 Å². The largest absolute Gasteiger partial charge is 0.440 e. The smallest absolute Gasteiger partial charge is 0.323 e. The molecule has 39 heavy (non-hydrogen) atoms. The van der Waals surface area contributed by atoms with E-state index in [2.05, 4.69) is 39.0 Å². The molecule has 0 radical (unpaired) electrons. The minimum atomic E-state index is -0.589. The van der Waals surface area contributed by atoms with Gasteiger partial charge in [0.05, 0.1) is 5.92 Å². The van der Waals surface area contributed by atoms with Crippen LogP contribution >= 0.6 is 0 Å². The van der Waals surface area contributed by atoms with Crippen LogP contribution < -0.4 is 15.2 Å². The van der Waals surface area contributed by atoms with Gasteiger partial charge in [-0.1, -0.05) is 112 Å². The van der Waals surface area contributed by atoms with Gasteiger partial charge in [0.15, 0.2) is 0 Å². The second kappa shape index (κ2) is 10.5. The summed E-state index contributed by atoms with van der Waals surface area (Å²) in [4.78, 5) is 13.5. The van der Waals surface area contributed by atoms with E-state index in [4.69, 9.17) is 15.2 Å². The van der Waals surface area contributed by atoms with Crippen LogP contribution in [0.1, 0.15) is 60.4 Å². The summed E-state index contributed by atoms with van der Waals surface area (Å²) in [5.74, 6) is -0.542. The van der Waals surface area contributed by atoms with Gasteiger partial charge in [0.1, 0.15) is 29.1 Å². The number of carbonyl (C=O) groups is 1. The minimum absolute atomic E-state index is 0.00910. The number of benzene rings is 4. The van der Waals surface area contributed by atoms with Crippen LogP contribution in [0, 0.1) is 11.3 Å². The maximum absolute atomic E-state index is 13.5.